The van der Waals surface area contributed by atoms with Gasteiger partial charge in [0.15, 0.2) is 0 Å². The number of para-hydroxylation sites is 1. The second-order valence-corrected chi connectivity index (χ2v) is 4.68. The fourth-order valence-electron chi connectivity index (χ4n) is 2.26. The summed E-state index contributed by atoms with van der Waals surface area (Å²) in [5, 5.41) is 0. The first-order valence-corrected chi connectivity index (χ1v) is 6.56. The van der Waals surface area contributed by atoms with E-state index in [1.165, 1.54) is 6.07 Å². The summed E-state index contributed by atoms with van der Waals surface area (Å²) >= 11 is 0. The molecule has 2 rings (SSSR count). The second kappa shape index (κ2) is 7.03. The summed E-state index contributed by atoms with van der Waals surface area (Å²) < 4.78 is 19.0. The molecule has 0 saturated carbocycles. The highest BCUT2D eigenvalue weighted by Gasteiger charge is 2.13. The van der Waals surface area contributed by atoms with Crippen LogP contribution >= 0.6 is 0 Å². The molecule has 2 aromatic carbocycles. The molecule has 0 radical (unpaired) electrons. The molecule has 1 atom stereocenters. The van der Waals surface area contributed by atoms with Gasteiger partial charge in [0.1, 0.15) is 11.6 Å². The van der Waals surface area contributed by atoms with Gasteiger partial charge in [-0.05, 0) is 36.1 Å². The number of hydrazine groups is 1. The lowest BCUT2D eigenvalue weighted by molar-refractivity contribution is 0.404. The molecule has 3 N–H and O–H groups in total. The fraction of sp³-hybridized carbons (Fsp3) is 0.250. The Bertz CT molecular complexity index is 560. The van der Waals surface area contributed by atoms with Crippen LogP contribution in [0.2, 0.25) is 0 Å². The van der Waals surface area contributed by atoms with Crippen LogP contribution in [0.4, 0.5) is 4.39 Å². The summed E-state index contributed by atoms with van der Waals surface area (Å²) in [6, 6.07) is 14.5. The molecule has 0 aliphatic carbocycles. The van der Waals surface area contributed by atoms with E-state index in [0.29, 0.717) is 18.4 Å². The van der Waals surface area contributed by atoms with E-state index in [1.54, 1.807) is 19.2 Å². The third-order valence-electron chi connectivity index (χ3n) is 3.32. The van der Waals surface area contributed by atoms with Crippen molar-refractivity contribution >= 4 is 0 Å². The highest BCUT2D eigenvalue weighted by Crippen LogP contribution is 2.20. The summed E-state index contributed by atoms with van der Waals surface area (Å²) in [7, 11) is 1.64. The van der Waals surface area contributed by atoms with Crippen LogP contribution < -0.4 is 16.0 Å². The molecule has 0 aromatic heterocycles. The van der Waals surface area contributed by atoms with Gasteiger partial charge < -0.3 is 4.74 Å². The zero-order chi connectivity index (χ0) is 14.4. The van der Waals surface area contributed by atoms with E-state index in [9.17, 15) is 4.39 Å². The van der Waals surface area contributed by atoms with E-state index in [0.717, 1.165) is 11.3 Å². The predicted octanol–water partition coefficient (Wildman–Crippen LogP) is 2.45. The van der Waals surface area contributed by atoms with Crippen molar-refractivity contribution in [1.82, 2.24) is 5.43 Å². The lowest BCUT2D eigenvalue weighted by atomic mass is 9.98. The molecule has 0 heterocycles. The van der Waals surface area contributed by atoms with Crippen molar-refractivity contribution in [3.63, 3.8) is 0 Å². The van der Waals surface area contributed by atoms with Crippen molar-refractivity contribution in [2.75, 3.05) is 7.11 Å². The van der Waals surface area contributed by atoms with E-state index in [-0.39, 0.29) is 11.9 Å². The Balaban J connectivity index is 2.11. The Kier molecular flexibility index (Phi) is 5.09. The molecule has 3 nitrogen and oxygen atoms in total. The molecule has 2 aromatic rings. The molecule has 0 bridgehead atoms. The highest BCUT2D eigenvalue weighted by atomic mass is 19.1. The Morgan fingerprint density at radius 2 is 1.65 bits per heavy atom. The average molecular weight is 274 g/mol. The number of hydrogen-bond acceptors (Lipinski definition) is 3. The number of methoxy groups -OCH3 is 1. The van der Waals surface area contributed by atoms with Crippen molar-refractivity contribution in [3.8, 4) is 5.75 Å². The van der Waals surface area contributed by atoms with E-state index >= 15 is 0 Å². The highest BCUT2D eigenvalue weighted by molar-refractivity contribution is 5.34. The standard InChI is InChI=1S/C16H19FN2O/c1-20-16-9-5-3-7-13(16)11-14(19-18)10-12-6-2-4-8-15(12)17/h2-9,14,19H,10-11,18H2,1H3. The predicted molar refractivity (Wildman–Crippen MR) is 77.9 cm³/mol. The average Bonchev–Trinajstić information content (AvgIpc) is 2.49. The molecule has 20 heavy (non-hydrogen) atoms. The van der Waals surface area contributed by atoms with Gasteiger partial charge in [0.05, 0.1) is 7.11 Å². The second-order valence-electron chi connectivity index (χ2n) is 4.68. The maximum atomic E-state index is 13.7. The zero-order valence-electron chi connectivity index (χ0n) is 11.5. The van der Waals surface area contributed by atoms with Crippen LogP contribution in [0.15, 0.2) is 48.5 Å². The summed E-state index contributed by atoms with van der Waals surface area (Å²) in [4.78, 5) is 0. The molecule has 0 fully saturated rings. The minimum atomic E-state index is -0.201. The quantitative estimate of drug-likeness (QED) is 0.628. The van der Waals surface area contributed by atoms with Gasteiger partial charge in [-0.2, -0.15) is 0 Å². The Morgan fingerprint density at radius 1 is 1.05 bits per heavy atom. The lowest BCUT2D eigenvalue weighted by Gasteiger charge is -2.18. The van der Waals surface area contributed by atoms with Crippen LogP contribution in [0, 0.1) is 5.82 Å². The van der Waals surface area contributed by atoms with Gasteiger partial charge in [0.25, 0.3) is 0 Å². The molecule has 4 heteroatoms. The molecule has 106 valence electrons. The number of nitrogens with one attached hydrogen (secondary N) is 1. The zero-order valence-corrected chi connectivity index (χ0v) is 11.5. The Morgan fingerprint density at radius 3 is 2.30 bits per heavy atom. The SMILES string of the molecule is COc1ccccc1CC(Cc1ccccc1F)NN. The van der Waals surface area contributed by atoms with Gasteiger partial charge in [-0.1, -0.05) is 36.4 Å². The van der Waals surface area contributed by atoms with Crippen LogP contribution in [-0.4, -0.2) is 13.2 Å². The number of halogens is 1. The minimum absolute atomic E-state index is 0.0526. The van der Waals surface area contributed by atoms with Crippen molar-refractivity contribution in [2.24, 2.45) is 5.84 Å². The first-order chi connectivity index (χ1) is 9.74. The minimum Gasteiger partial charge on any atom is -0.496 e. The first kappa shape index (κ1) is 14.5. The Labute approximate surface area is 118 Å². The first-order valence-electron chi connectivity index (χ1n) is 6.56. The number of benzene rings is 2. The van der Waals surface area contributed by atoms with Crippen molar-refractivity contribution in [1.29, 1.82) is 0 Å². The van der Waals surface area contributed by atoms with E-state index in [2.05, 4.69) is 5.43 Å². The number of hydrogen-bond donors (Lipinski definition) is 2. The topological polar surface area (TPSA) is 47.3 Å². The monoisotopic (exact) mass is 274 g/mol. The fourth-order valence-corrected chi connectivity index (χ4v) is 2.26. The lowest BCUT2D eigenvalue weighted by Crippen LogP contribution is -2.38. The largest absolute Gasteiger partial charge is 0.496 e. The van der Waals surface area contributed by atoms with Crippen LogP contribution in [-0.2, 0) is 12.8 Å². The Hall–Kier alpha value is -1.91. The molecule has 1 unspecified atom stereocenters. The molecule has 0 aliphatic heterocycles. The van der Waals surface area contributed by atoms with Crippen LogP contribution in [0.1, 0.15) is 11.1 Å². The molecule has 0 aliphatic rings. The third-order valence-corrected chi connectivity index (χ3v) is 3.32. The third kappa shape index (κ3) is 3.56. The number of nitrogens with two attached hydrogens (primary N) is 1. The molecular weight excluding hydrogens is 255 g/mol. The summed E-state index contributed by atoms with van der Waals surface area (Å²) in [6.45, 7) is 0. The van der Waals surface area contributed by atoms with E-state index in [4.69, 9.17) is 10.6 Å². The number of ether oxygens (including phenoxy) is 1. The van der Waals surface area contributed by atoms with Crippen molar-refractivity contribution in [3.05, 3.63) is 65.5 Å². The van der Waals surface area contributed by atoms with E-state index in [1.807, 2.05) is 30.3 Å². The van der Waals surface area contributed by atoms with Gasteiger partial charge in [-0.25, -0.2) is 4.39 Å². The molecule has 0 amide bonds. The molecule has 0 saturated heterocycles. The maximum Gasteiger partial charge on any atom is 0.126 e. The van der Waals surface area contributed by atoms with Gasteiger partial charge in [-0.3, -0.25) is 11.3 Å². The maximum absolute atomic E-state index is 13.7. The normalized spacial score (nSPS) is 12.2. The van der Waals surface area contributed by atoms with Crippen LogP contribution in [0.5, 0.6) is 5.75 Å². The van der Waals surface area contributed by atoms with Gasteiger partial charge >= 0.3 is 0 Å². The van der Waals surface area contributed by atoms with Crippen LogP contribution in [0.25, 0.3) is 0 Å². The van der Waals surface area contributed by atoms with Gasteiger partial charge in [0, 0.05) is 6.04 Å². The van der Waals surface area contributed by atoms with Crippen molar-refractivity contribution in [2.45, 2.75) is 18.9 Å². The molecular formula is C16H19FN2O. The summed E-state index contributed by atoms with van der Waals surface area (Å²) in [5.74, 6) is 6.22. The summed E-state index contributed by atoms with van der Waals surface area (Å²) in [6.07, 6.45) is 1.20. The number of rotatable bonds is 6. The van der Waals surface area contributed by atoms with Gasteiger partial charge in [0.2, 0.25) is 0 Å². The smallest absolute Gasteiger partial charge is 0.126 e. The van der Waals surface area contributed by atoms with Crippen molar-refractivity contribution < 1.29 is 9.13 Å². The van der Waals surface area contributed by atoms with Crippen LogP contribution in [0.3, 0.4) is 0 Å². The van der Waals surface area contributed by atoms with Gasteiger partial charge in [-0.15, -0.1) is 0 Å². The van der Waals surface area contributed by atoms with E-state index < -0.39 is 0 Å². The molecule has 0 spiro atoms. The summed E-state index contributed by atoms with van der Waals surface area (Å²) in [5.41, 5.74) is 4.46.